The zero-order valence-electron chi connectivity index (χ0n) is 23.2. The van der Waals surface area contributed by atoms with Gasteiger partial charge in [0.25, 0.3) is 5.69 Å². The third kappa shape index (κ3) is 13.8. The highest BCUT2D eigenvalue weighted by molar-refractivity contribution is 7.97. The van der Waals surface area contributed by atoms with Crippen molar-refractivity contribution in [3.05, 3.63) is 70.3 Å². The number of unbranched alkanes of at least 4 members (excludes halogenated alkanes) is 12. The van der Waals surface area contributed by atoms with E-state index in [-0.39, 0.29) is 27.3 Å². The summed E-state index contributed by atoms with van der Waals surface area (Å²) < 4.78 is 0. The molecule has 0 aliphatic rings. The second-order valence-electron chi connectivity index (χ2n) is 10.7. The van der Waals surface area contributed by atoms with Gasteiger partial charge in [0.15, 0.2) is 10.6 Å². The lowest BCUT2D eigenvalue weighted by Gasteiger charge is -2.09. The van der Waals surface area contributed by atoms with E-state index in [2.05, 4.69) is 13.8 Å². The predicted molar refractivity (Wildman–Crippen MR) is 159 cm³/mol. The van der Waals surface area contributed by atoms with Crippen molar-refractivity contribution in [1.82, 2.24) is 0 Å². The quantitative estimate of drug-likeness (QED) is 0.0535. The minimum atomic E-state index is -0.349. The van der Waals surface area contributed by atoms with Gasteiger partial charge in [-0.1, -0.05) is 127 Å². The summed E-state index contributed by atoms with van der Waals surface area (Å²) in [6.45, 7) is 4.62. The average molecular weight is 527 g/mol. The molecule has 0 aliphatic carbocycles. The van der Waals surface area contributed by atoms with Crippen LogP contribution in [0.5, 0.6) is 0 Å². The Morgan fingerprint density at radius 2 is 1.30 bits per heavy atom. The summed E-state index contributed by atoms with van der Waals surface area (Å²) in [5.41, 5.74) is 0.824. The summed E-state index contributed by atoms with van der Waals surface area (Å²) in [7, 11) is -0.318. The molecule has 0 spiro atoms. The summed E-state index contributed by atoms with van der Waals surface area (Å²) >= 11 is 0. The van der Waals surface area contributed by atoms with Crippen molar-refractivity contribution in [1.29, 1.82) is 0 Å². The topological polar surface area (TPSA) is 60.2 Å². The van der Waals surface area contributed by atoms with Crippen molar-refractivity contribution in [2.45, 2.75) is 109 Å². The Morgan fingerprint density at radius 3 is 1.84 bits per heavy atom. The van der Waals surface area contributed by atoms with Crippen molar-refractivity contribution in [2.24, 2.45) is 5.92 Å². The Labute approximate surface area is 228 Å². The third-order valence-corrected chi connectivity index (χ3v) is 9.25. The van der Waals surface area contributed by atoms with Crippen LogP contribution in [0.25, 0.3) is 0 Å². The first-order valence-corrected chi connectivity index (χ1v) is 16.0. The van der Waals surface area contributed by atoms with Gasteiger partial charge < -0.3 is 0 Å². The standard InChI is InChI=1S/C32H48NO3S/c1-28(2)20-15-12-10-8-6-4-3-5-7-9-11-13-18-25-37(27-32(34)29-21-16-14-17-22-29)31-24-19-23-30(26-31)33(35)36/h14,16-17,19,21-24,26,28H,3-13,15,18,20,25,27H2,1-2H3/q+1. The fourth-order valence-electron chi connectivity index (χ4n) is 4.69. The summed E-state index contributed by atoms with van der Waals surface area (Å²) in [6, 6.07) is 16.3. The number of ketones is 1. The van der Waals surface area contributed by atoms with Gasteiger partial charge in [-0.3, -0.25) is 14.9 Å². The lowest BCUT2D eigenvalue weighted by molar-refractivity contribution is -0.385. The van der Waals surface area contributed by atoms with Gasteiger partial charge in [0.05, 0.1) is 11.0 Å². The monoisotopic (exact) mass is 526 g/mol. The SMILES string of the molecule is CC(C)CCCCCCCCCCCCCCC[S+](CC(=O)c1ccccc1)c1cccc([N+](=O)[O-])c1. The second kappa shape index (κ2) is 19.0. The number of hydrogen-bond acceptors (Lipinski definition) is 3. The number of nitrogens with zero attached hydrogens (tertiary/aromatic N) is 1. The molecule has 2 aromatic carbocycles. The summed E-state index contributed by atoms with van der Waals surface area (Å²) in [4.78, 5) is 24.8. The van der Waals surface area contributed by atoms with Crippen LogP contribution in [-0.4, -0.2) is 22.2 Å². The Bertz CT molecular complexity index is 900. The molecule has 0 amide bonds. The van der Waals surface area contributed by atoms with E-state index in [4.69, 9.17) is 0 Å². The van der Waals surface area contributed by atoms with Crippen LogP contribution in [0.3, 0.4) is 0 Å². The largest absolute Gasteiger partial charge is 0.289 e. The number of Topliss-reactive ketones (excluding diaryl/α,β-unsaturated/α-hetero) is 1. The molecule has 2 rings (SSSR count). The van der Waals surface area contributed by atoms with Crippen LogP contribution in [0.15, 0.2) is 59.5 Å². The Kier molecular flexibility index (Phi) is 16.0. The maximum atomic E-state index is 12.9. The molecule has 0 bridgehead atoms. The van der Waals surface area contributed by atoms with E-state index in [1.807, 2.05) is 36.4 Å². The predicted octanol–water partition coefficient (Wildman–Crippen LogP) is 9.57. The van der Waals surface area contributed by atoms with Gasteiger partial charge in [0.1, 0.15) is 5.75 Å². The van der Waals surface area contributed by atoms with E-state index < -0.39 is 0 Å². The highest BCUT2D eigenvalue weighted by Gasteiger charge is 2.27. The number of carbonyl (C=O) groups excluding carboxylic acids is 1. The molecule has 0 saturated carbocycles. The molecule has 204 valence electrons. The van der Waals surface area contributed by atoms with E-state index in [1.54, 1.807) is 12.1 Å². The van der Waals surface area contributed by atoms with Gasteiger partial charge in [0.2, 0.25) is 5.78 Å². The normalized spacial score (nSPS) is 12.1. The third-order valence-electron chi connectivity index (χ3n) is 6.94. The molecule has 0 radical (unpaired) electrons. The molecule has 1 atom stereocenters. The zero-order valence-corrected chi connectivity index (χ0v) is 24.0. The smallest absolute Gasteiger partial charge is 0.274 e. The molecule has 1 unspecified atom stereocenters. The van der Waals surface area contributed by atoms with Crippen molar-refractivity contribution >= 4 is 22.4 Å². The zero-order chi connectivity index (χ0) is 26.7. The molecular formula is C32H48NO3S+. The molecule has 0 saturated heterocycles. The lowest BCUT2D eigenvalue weighted by Crippen LogP contribution is -2.20. The van der Waals surface area contributed by atoms with Crippen molar-refractivity contribution in [2.75, 3.05) is 11.5 Å². The lowest BCUT2D eigenvalue weighted by atomic mass is 10.0. The van der Waals surface area contributed by atoms with Crippen molar-refractivity contribution in [3.8, 4) is 0 Å². The first kappa shape index (κ1) is 31.1. The molecule has 0 aromatic heterocycles. The van der Waals surface area contributed by atoms with Gasteiger partial charge in [-0.2, -0.15) is 0 Å². The van der Waals surface area contributed by atoms with Gasteiger partial charge in [-0.05, 0) is 24.8 Å². The first-order valence-electron chi connectivity index (χ1n) is 14.5. The van der Waals surface area contributed by atoms with E-state index >= 15 is 0 Å². The van der Waals surface area contributed by atoms with Gasteiger partial charge in [-0.25, -0.2) is 0 Å². The van der Waals surface area contributed by atoms with Crippen LogP contribution >= 0.6 is 0 Å². The van der Waals surface area contributed by atoms with Crippen LogP contribution in [-0.2, 0) is 10.9 Å². The minimum Gasteiger partial charge on any atom is -0.289 e. The van der Waals surface area contributed by atoms with E-state index in [9.17, 15) is 14.9 Å². The van der Waals surface area contributed by atoms with Crippen molar-refractivity contribution < 1.29 is 9.72 Å². The summed E-state index contributed by atoms with van der Waals surface area (Å²) in [5, 5.41) is 11.3. The average Bonchev–Trinajstić information content (AvgIpc) is 2.90. The number of hydrogen-bond donors (Lipinski definition) is 0. The molecular weight excluding hydrogens is 478 g/mol. The van der Waals surface area contributed by atoms with E-state index in [0.29, 0.717) is 5.75 Å². The number of rotatable bonds is 21. The fraction of sp³-hybridized carbons (Fsp3) is 0.594. The molecule has 5 heteroatoms. The van der Waals surface area contributed by atoms with Crippen LogP contribution in [0, 0.1) is 16.0 Å². The van der Waals surface area contributed by atoms with Crippen LogP contribution < -0.4 is 0 Å². The van der Waals surface area contributed by atoms with Crippen molar-refractivity contribution in [3.63, 3.8) is 0 Å². The number of carbonyl (C=O) groups is 1. The Morgan fingerprint density at radius 1 is 0.757 bits per heavy atom. The molecule has 0 aliphatic heterocycles. The number of nitro groups is 1. The second-order valence-corrected chi connectivity index (χ2v) is 12.8. The van der Waals surface area contributed by atoms with Gasteiger partial charge in [0, 0.05) is 22.5 Å². The van der Waals surface area contributed by atoms with E-state index in [0.717, 1.165) is 35.0 Å². The van der Waals surface area contributed by atoms with Crippen LogP contribution in [0.2, 0.25) is 0 Å². The van der Waals surface area contributed by atoms with Gasteiger partial charge >= 0.3 is 0 Å². The minimum absolute atomic E-state index is 0.105. The van der Waals surface area contributed by atoms with Crippen LogP contribution in [0.1, 0.15) is 114 Å². The maximum absolute atomic E-state index is 12.9. The molecule has 0 N–H and O–H groups in total. The number of nitro benzene ring substituents is 1. The number of non-ortho nitro benzene ring substituents is 1. The Hall–Kier alpha value is -2.14. The Balaban J connectivity index is 1.64. The van der Waals surface area contributed by atoms with Crippen LogP contribution in [0.4, 0.5) is 5.69 Å². The fourth-order valence-corrected chi connectivity index (χ4v) is 6.83. The van der Waals surface area contributed by atoms with E-state index in [1.165, 1.54) is 83.1 Å². The summed E-state index contributed by atoms with van der Waals surface area (Å²) in [5.74, 6) is 2.30. The molecule has 4 nitrogen and oxygen atoms in total. The summed E-state index contributed by atoms with van der Waals surface area (Å²) in [6.07, 6.45) is 18.5. The number of benzene rings is 2. The molecule has 0 fully saturated rings. The molecule has 37 heavy (non-hydrogen) atoms. The highest BCUT2D eigenvalue weighted by Crippen LogP contribution is 2.23. The van der Waals surface area contributed by atoms with Gasteiger partial charge in [-0.15, -0.1) is 0 Å². The highest BCUT2D eigenvalue weighted by atomic mass is 32.2. The maximum Gasteiger partial charge on any atom is 0.274 e. The molecule has 0 heterocycles. The molecule has 2 aromatic rings. The first-order chi connectivity index (χ1) is 18.0.